The highest BCUT2D eigenvalue weighted by Crippen LogP contribution is 2.33. The van der Waals surface area contributed by atoms with E-state index in [1.165, 1.54) is 12.8 Å². The number of benzene rings is 2. The van der Waals surface area contributed by atoms with Gasteiger partial charge in [-0.15, -0.1) is 0 Å². The van der Waals surface area contributed by atoms with E-state index in [0.29, 0.717) is 41.3 Å². The molecule has 8 nitrogen and oxygen atoms in total. The first-order valence-corrected chi connectivity index (χ1v) is 12.3. The van der Waals surface area contributed by atoms with Crippen LogP contribution in [-0.4, -0.2) is 61.1 Å². The summed E-state index contributed by atoms with van der Waals surface area (Å²) in [5.41, 5.74) is 1.47. The zero-order valence-corrected chi connectivity index (χ0v) is 19.9. The van der Waals surface area contributed by atoms with Crippen molar-refractivity contribution in [1.82, 2.24) is 10.2 Å². The van der Waals surface area contributed by atoms with Crippen molar-refractivity contribution in [3.63, 3.8) is 0 Å². The largest absolute Gasteiger partial charge is 0.490 e. The molecule has 0 spiro atoms. The number of hydrogen-bond donors (Lipinski definition) is 2. The Kier molecular flexibility index (Phi) is 6.72. The molecule has 3 aliphatic rings. The van der Waals surface area contributed by atoms with Gasteiger partial charge in [0.05, 0.1) is 24.1 Å². The molecule has 2 aromatic carbocycles. The second kappa shape index (κ2) is 10.1. The molecule has 2 heterocycles. The predicted molar refractivity (Wildman–Crippen MR) is 130 cm³/mol. The summed E-state index contributed by atoms with van der Waals surface area (Å²) in [6, 6.07) is 13.9. The molecule has 2 N–H and O–H groups in total. The minimum Gasteiger partial charge on any atom is -0.490 e. The van der Waals surface area contributed by atoms with Crippen LogP contribution in [-0.2, 0) is 9.53 Å². The molecule has 35 heavy (non-hydrogen) atoms. The van der Waals surface area contributed by atoms with Crippen LogP contribution in [0.4, 0.5) is 5.69 Å². The van der Waals surface area contributed by atoms with Crippen LogP contribution in [0.25, 0.3) is 0 Å². The third kappa shape index (κ3) is 5.48. The number of carbonyl (C=O) groups is 3. The van der Waals surface area contributed by atoms with E-state index in [4.69, 9.17) is 9.47 Å². The second-order valence-electron chi connectivity index (χ2n) is 9.65. The van der Waals surface area contributed by atoms with Gasteiger partial charge in [-0.1, -0.05) is 18.2 Å². The van der Waals surface area contributed by atoms with Crippen LogP contribution in [0.1, 0.15) is 52.8 Å². The Bertz CT molecular complexity index is 1100. The fourth-order valence-corrected chi connectivity index (χ4v) is 4.76. The van der Waals surface area contributed by atoms with Crippen LogP contribution in [0.3, 0.4) is 0 Å². The van der Waals surface area contributed by atoms with Crippen LogP contribution >= 0.6 is 0 Å². The van der Waals surface area contributed by atoms with E-state index in [0.717, 1.165) is 13.0 Å². The molecular formula is C27H31N3O5. The summed E-state index contributed by atoms with van der Waals surface area (Å²) in [5, 5.41) is 5.85. The number of amides is 3. The van der Waals surface area contributed by atoms with Gasteiger partial charge in [0.15, 0.2) is 0 Å². The molecule has 3 atom stereocenters. The lowest BCUT2D eigenvalue weighted by Crippen LogP contribution is -2.54. The van der Waals surface area contributed by atoms with E-state index in [2.05, 4.69) is 10.6 Å². The summed E-state index contributed by atoms with van der Waals surface area (Å²) in [6.45, 7) is 1.04. The second-order valence-corrected chi connectivity index (χ2v) is 9.65. The average Bonchev–Trinajstić information content (AvgIpc) is 3.70. The Morgan fingerprint density at radius 2 is 1.86 bits per heavy atom. The standard InChI is InChI=1S/C27H31N3O5/c1-30-22-11-10-20(14-25(31)28-15-17-7-8-17)35-24(22)16-34-23-12-9-19(13-21(23)27(30)33)29-26(32)18-5-3-2-4-6-18/h2-6,9,12-13,17,20,22,24H,7-8,10-11,14-16H2,1H3,(H,28,31)(H,29,32)/t20-,22+,24-/m0/s1. The molecule has 0 bridgehead atoms. The molecule has 5 rings (SSSR count). The quantitative estimate of drug-likeness (QED) is 0.666. The van der Waals surface area contributed by atoms with Crippen molar-refractivity contribution in [2.75, 3.05) is 25.5 Å². The van der Waals surface area contributed by atoms with Crippen molar-refractivity contribution in [1.29, 1.82) is 0 Å². The molecule has 8 heteroatoms. The minimum atomic E-state index is -0.315. The van der Waals surface area contributed by atoms with Crippen molar-refractivity contribution >= 4 is 23.4 Å². The van der Waals surface area contributed by atoms with Gasteiger partial charge in [-0.25, -0.2) is 0 Å². The third-order valence-electron chi connectivity index (χ3n) is 7.00. The molecule has 0 unspecified atom stereocenters. The number of nitrogens with zero attached hydrogens (tertiary/aromatic N) is 1. The smallest absolute Gasteiger partial charge is 0.257 e. The number of anilines is 1. The highest BCUT2D eigenvalue weighted by atomic mass is 16.5. The summed E-state index contributed by atoms with van der Waals surface area (Å²) >= 11 is 0. The van der Waals surface area contributed by atoms with E-state index in [1.54, 1.807) is 54.4 Å². The van der Waals surface area contributed by atoms with E-state index in [-0.39, 0.29) is 42.6 Å². The Morgan fingerprint density at radius 3 is 2.63 bits per heavy atom. The first-order chi connectivity index (χ1) is 17.0. The maximum absolute atomic E-state index is 13.4. The Hall–Kier alpha value is -3.39. The SMILES string of the molecule is CN1C(=O)c2cc(NC(=O)c3ccccc3)ccc2OC[C@@H]2O[C@H](CC(=O)NCC3CC3)CC[C@H]21. The van der Waals surface area contributed by atoms with Crippen LogP contribution in [0.15, 0.2) is 48.5 Å². The number of rotatable bonds is 6. The number of hydrogen-bond acceptors (Lipinski definition) is 5. The summed E-state index contributed by atoms with van der Waals surface area (Å²) in [4.78, 5) is 39.9. The number of fused-ring (bicyclic) bond motifs is 2. The van der Waals surface area contributed by atoms with Crippen LogP contribution in [0.2, 0.25) is 0 Å². The molecule has 1 aliphatic carbocycles. The van der Waals surface area contributed by atoms with Crippen molar-refractivity contribution < 1.29 is 23.9 Å². The van der Waals surface area contributed by atoms with E-state index in [9.17, 15) is 14.4 Å². The third-order valence-corrected chi connectivity index (χ3v) is 7.00. The van der Waals surface area contributed by atoms with Gasteiger partial charge in [-0.05, 0) is 61.9 Å². The number of ether oxygens (including phenoxy) is 2. The highest BCUT2D eigenvalue weighted by Gasteiger charge is 2.39. The summed E-state index contributed by atoms with van der Waals surface area (Å²) in [5.74, 6) is 0.681. The summed E-state index contributed by atoms with van der Waals surface area (Å²) in [7, 11) is 1.77. The zero-order chi connectivity index (χ0) is 24.4. The first kappa shape index (κ1) is 23.4. The summed E-state index contributed by atoms with van der Waals surface area (Å²) in [6.07, 6.45) is 3.66. The Labute approximate surface area is 205 Å². The van der Waals surface area contributed by atoms with Crippen molar-refractivity contribution in [3.8, 4) is 5.75 Å². The van der Waals surface area contributed by atoms with Gasteiger partial charge in [-0.3, -0.25) is 14.4 Å². The van der Waals surface area contributed by atoms with E-state index >= 15 is 0 Å². The maximum atomic E-state index is 13.4. The maximum Gasteiger partial charge on any atom is 0.257 e. The van der Waals surface area contributed by atoms with Gasteiger partial charge in [0.25, 0.3) is 11.8 Å². The van der Waals surface area contributed by atoms with Crippen molar-refractivity contribution in [3.05, 3.63) is 59.7 Å². The van der Waals surface area contributed by atoms with Gasteiger partial charge in [-0.2, -0.15) is 0 Å². The van der Waals surface area contributed by atoms with Gasteiger partial charge in [0, 0.05) is 24.8 Å². The zero-order valence-electron chi connectivity index (χ0n) is 19.9. The molecule has 184 valence electrons. The molecule has 2 aliphatic heterocycles. The molecular weight excluding hydrogens is 446 g/mol. The molecule has 0 radical (unpaired) electrons. The molecule has 2 aromatic rings. The predicted octanol–water partition coefficient (Wildman–Crippen LogP) is 3.24. The van der Waals surface area contributed by atoms with Gasteiger partial charge < -0.3 is 25.0 Å². The van der Waals surface area contributed by atoms with Crippen LogP contribution in [0, 0.1) is 5.92 Å². The van der Waals surface area contributed by atoms with E-state index < -0.39 is 0 Å². The number of carbonyl (C=O) groups excluding carboxylic acids is 3. The van der Waals surface area contributed by atoms with Crippen molar-refractivity contribution in [2.24, 2.45) is 5.92 Å². The lowest BCUT2D eigenvalue weighted by atomic mass is 9.94. The minimum absolute atomic E-state index is 0.0203. The topological polar surface area (TPSA) is 97.0 Å². The summed E-state index contributed by atoms with van der Waals surface area (Å²) < 4.78 is 12.3. The van der Waals surface area contributed by atoms with Crippen LogP contribution < -0.4 is 15.4 Å². The van der Waals surface area contributed by atoms with Crippen molar-refractivity contribution in [2.45, 2.75) is 50.4 Å². The van der Waals surface area contributed by atoms with Gasteiger partial charge >= 0.3 is 0 Å². The average molecular weight is 478 g/mol. The Morgan fingerprint density at radius 1 is 1.06 bits per heavy atom. The molecule has 1 saturated heterocycles. The molecule has 1 saturated carbocycles. The number of nitrogens with one attached hydrogen (secondary N) is 2. The lowest BCUT2D eigenvalue weighted by molar-refractivity contribution is -0.134. The monoisotopic (exact) mass is 477 g/mol. The first-order valence-electron chi connectivity index (χ1n) is 12.3. The highest BCUT2D eigenvalue weighted by molar-refractivity contribution is 6.05. The van der Waals surface area contributed by atoms with Gasteiger partial charge in [0.1, 0.15) is 18.5 Å². The molecule has 3 amide bonds. The van der Waals surface area contributed by atoms with E-state index in [1.807, 2.05) is 6.07 Å². The fourth-order valence-electron chi connectivity index (χ4n) is 4.76. The molecule has 0 aromatic heterocycles. The normalized spacial score (nSPS) is 23.7. The van der Waals surface area contributed by atoms with Crippen LogP contribution in [0.5, 0.6) is 5.75 Å². The number of likely N-dealkylation sites (N-methyl/N-ethyl adjacent to an activating group) is 1. The molecule has 2 fully saturated rings. The lowest BCUT2D eigenvalue weighted by Gasteiger charge is -2.42. The fraction of sp³-hybridized carbons (Fsp3) is 0.444. The Balaban J connectivity index is 1.25. The van der Waals surface area contributed by atoms with Gasteiger partial charge in [0.2, 0.25) is 5.91 Å².